The first-order chi connectivity index (χ1) is 20.7. The molecule has 43 heavy (non-hydrogen) atoms. The summed E-state index contributed by atoms with van der Waals surface area (Å²) in [5.41, 5.74) is 2.10. The molecule has 9 heteroatoms. The van der Waals surface area contributed by atoms with E-state index in [0.29, 0.717) is 13.0 Å². The van der Waals surface area contributed by atoms with Gasteiger partial charge in [-0.1, -0.05) is 75.9 Å². The van der Waals surface area contributed by atoms with E-state index in [9.17, 15) is 15.0 Å². The lowest BCUT2D eigenvalue weighted by atomic mass is 10.0. The standard InChI is InChI=1S/C22H31N3O3S.C6H10O2.C6H12/c1-4-13-25(29-19-12-8-11-18(15-19)24(2)3)16-21(26)20(23-22(27)28)14-17-9-6-5-7-10-17;1-3-7-6-5(1)2-4-8-6;1-6-4-2-3-5-6/h5-12,15,20-21,23,26H,4,13-14,16H2,1-3H3,(H,27,28);5-6H,1-4H2;6H,2-5H2,1H3. The zero-order chi connectivity index (χ0) is 31.0. The van der Waals surface area contributed by atoms with Crippen molar-refractivity contribution in [2.24, 2.45) is 11.8 Å². The van der Waals surface area contributed by atoms with Crippen LogP contribution in [0.4, 0.5) is 10.5 Å². The van der Waals surface area contributed by atoms with Crippen LogP contribution in [0.1, 0.15) is 64.4 Å². The Morgan fingerprint density at radius 2 is 1.70 bits per heavy atom. The van der Waals surface area contributed by atoms with Crippen LogP contribution in [0.5, 0.6) is 0 Å². The molecule has 1 saturated carbocycles. The van der Waals surface area contributed by atoms with Gasteiger partial charge in [0.05, 0.1) is 25.4 Å². The predicted molar refractivity (Wildman–Crippen MR) is 176 cm³/mol. The number of rotatable bonds is 11. The van der Waals surface area contributed by atoms with Gasteiger partial charge in [0.25, 0.3) is 0 Å². The molecule has 8 nitrogen and oxygen atoms in total. The van der Waals surface area contributed by atoms with Gasteiger partial charge in [0, 0.05) is 43.7 Å². The highest BCUT2D eigenvalue weighted by Gasteiger charge is 2.33. The average molecular weight is 616 g/mol. The topological polar surface area (TPSA) is 94.5 Å². The van der Waals surface area contributed by atoms with Crippen molar-refractivity contribution in [3.8, 4) is 0 Å². The Labute approximate surface area is 263 Å². The van der Waals surface area contributed by atoms with Crippen molar-refractivity contribution in [2.75, 3.05) is 45.3 Å². The maximum Gasteiger partial charge on any atom is 0.404 e. The molecule has 3 fully saturated rings. The third-order valence-electron chi connectivity index (χ3n) is 8.07. The number of carboxylic acid groups (broad SMARTS) is 1. The summed E-state index contributed by atoms with van der Waals surface area (Å²) in [4.78, 5) is 14.4. The minimum Gasteiger partial charge on any atom is -0.465 e. The number of carbonyl (C=O) groups is 1. The second-order valence-corrected chi connectivity index (χ2v) is 13.2. The molecule has 2 saturated heterocycles. The lowest BCUT2D eigenvalue weighted by Gasteiger charge is -2.29. The molecule has 2 atom stereocenters. The number of aliphatic hydroxyl groups excluding tert-OH is 1. The molecule has 0 aromatic heterocycles. The van der Waals surface area contributed by atoms with E-state index < -0.39 is 18.2 Å². The fourth-order valence-corrected chi connectivity index (χ4v) is 6.69. The Hall–Kier alpha value is -2.30. The van der Waals surface area contributed by atoms with Crippen LogP contribution in [0.3, 0.4) is 0 Å². The van der Waals surface area contributed by atoms with Gasteiger partial charge in [0.2, 0.25) is 0 Å². The fraction of sp³-hybridized carbons (Fsp3) is 0.618. The molecule has 0 bridgehead atoms. The summed E-state index contributed by atoms with van der Waals surface area (Å²) in [5.74, 6) is 1.78. The molecular formula is C34H53N3O5S. The van der Waals surface area contributed by atoms with Gasteiger partial charge in [0.15, 0.2) is 6.29 Å². The van der Waals surface area contributed by atoms with Crippen LogP contribution in [-0.4, -0.2) is 79.4 Å². The van der Waals surface area contributed by atoms with E-state index >= 15 is 0 Å². The van der Waals surface area contributed by atoms with Crippen molar-refractivity contribution < 1.29 is 24.5 Å². The van der Waals surface area contributed by atoms with Crippen molar-refractivity contribution in [1.82, 2.24) is 9.62 Å². The highest BCUT2D eigenvalue weighted by atomic mass is 32.2. The van der Waals surface area contributed by atoms with Gasteiger partial charge < -0.3 is 29.9 Å². The van der Waals surface area contributed by atoms with Gasteiger partial charge in [-0.3, -0.25) is 0 Å². The van der Waals surface area contributed by atoms with Crippen LogP contribution in [-0.2, 0) is 15.9 Å². The van der Waals surface area contributed by atoms with Crippen LogP contribution < -0.4 is 10.2 Å². The third-order valence-corrected chi connectivity index (χ3v) is 9.13. The summed E-state index contributed by atoms with van der Waals surface area (Å²) in [6, 6.07) is 17.3. The number of anilines is 1. The molecule has 0 radical (unpaired) electrons. The Bertz CT molecular complexity index is 1030. The Morgan fingerprint density at radius 3 is 2.23 bits per heavy atom. The van der Waals surface area contributed by atoms with E-state index in [4.69, 9.17) is 9.47 Å². The first-order valence-corrected chi connectivity index (χ1v) is 16.7. The molecule has 1 amide bonds. The summed E-state index contributed by atoms with van der Waals surface area (Å²) >= 11 is 1.59. The Morgan fingerprint density at radius 1 is 1.02 bits per heavy atom. The van der Waals surface area contributed by atoms with Crippen LogP contribution in [0.25, 0.3) is 0 Å². The van der Waals surface area contributed by atoms with Crippen LogP contribution >= 0.6 is 11.9 Å². The molecule has 2 heterocycles. The molecular weight excluding hydrogens is 562 g/mol. The molecule has 240 valence electrons. The average Bonchev–Trinajstić information content (AvgIpc) is 3.74. The molecule has 1 aliphatic carbocycles. The van der Waals surface area contributed by atoms with Crippen molar-refractivity contribution in [2.45, 2.75) is 88.5 Å². The van der Waals surface area contributed by atoms with E-state index in [-0.39, 0.29) is 6.29 Å². The smallest absolute Gasteiger partial charge is 0.404 e. The van der Waals surface area contributed by atoms with Gasteiger partial charge >= 0.3 is 6.09 Å². The number of hydrogen-bond donors (Lipinski definition) is 3. The van der Waals surface area contributed by atoms with Crippen LogP contribution in [0.15, 0.2) is 59.5 Å². The maximum absolute atomic E-state index is 11.3. The van der Waals surface area contributed by atoms with Gasteiger partial charge in [-0.2, -0.15) is 0 Å². The summed E-state index contributed by atoms with van der Waals surface area (Å²) in [7, 11) is 4.01. The highest BCUT2D eigenvalue weighted by Crippen LogP contribution is 2.30. The van der Waals surface area contributed by atoms with Gasteiger partial charge in [-0.25, -0.2) is 9.10 Å². The molecule has 2 aliphatic heterocycles. The summed E-state index contributed by atoms with van der Waals surface area (Å²) in [6.07, 6.45) is 7.96. The van der Waals surface area contributed by atoms with Crippen molar-refractivity contribution in [3.63, 3.8) is 0 Å². The molecule has 2 unspecified atom stereocenters. The summed E-state index contributed by atoms with van der Waals surface area (Å²) in [6.45, 7) is 7.41. The number of benzene rings is 2. The summed E-state index contributed by atoms with van der Waals surface area (Å²) in [5, 5.41) is 22.6. The van der Waals surface area contributed by atoms with Crippen molar-refractivity contribution in [3.05, 3.63) is 60.2 Å². The zero-order valence-corrected chi connectivity index (χ0v) is 27.3. The molecule has 3 N–H and O–H groups in total. The van der Waals surface area contributed by atoms with Gasteiger partial charge in [0.1, 0.15) is 0 Å². The largest absolute Gasteiger partial charge is 0.465 e. The lowest BCUT2D eigenvalue weighted by molar-refractivity contribution is -0.0904. The maximum atomic E-state index is 11.3. The molecule has 2 aromatic carbocycles. The molecule has 2 aromatic rings. The number of fused-ring (bicyclic) bond motifs is 1. The minimum atomic E-state index is -1.13. The Kier molecular flexibility index (Phi) is 15.7. The number of nitrogens with zero attached hydrogens (tertiary/aromatic N) is 2. The number of amides is 1. The molecule has 0 spiro atoms. The fourth-order valence-electron chi connectivity index (χ4n) is 5.57. The van der Waals surface area contributed by atoms with Crippen molar-refractivity contribution >= 4 is 23.7 Å². The number of hydrogen-bond acceptors (Lipinski definition) is 7. The second-order valence-electron chi connectivity index (χ2n) is 12.0. The van der Waals surface area contributed by atoms with Gasteiger partial charge in [-0.05, 0) is 67.3 Å². The SMILES string of the molecule is C1CC2CCOC2O1.CC1CCCC1.CCCN(CC(O)C(Cc1ccccc1)NC(=O)O)Sc1cccc(N(C)C)c1. The highest BCUT2D eigenvalue weighted by molar-refractivity contribution is 7.97. The van der Waals surface area contributed by atoms with E-state index in [2.05, 4.69) is 40.5 Å². The first kappa shape index (κ1) is 35.2. The van der Waals surface area contributed by atoms with Crippen LogP contribution in [0, 0.1) is 11.8 Å². The van der Waals surface area contributed by atoms with E-state index in [1.54, 1.807) is 11.9 Å². The van der Waals surface area contributed by atoms with E-state index in [1.807, 2.05) is 56.6 Å². The number of aliphatic hydroxyl groups is 1. The third kappa shape index (κ3) is 13.1. The van der Waals surface area contributed by atoms with Crippen molar-refractivity contribution in [1.29, 1.82) is 0 Å². The Balaban J connectivity index is 0.000000288. The quantitative estimate of drug-likeness (QED) is 0.241. The molecule has 5 rings (SSSR count). The minimum absolute atomic E-state index is 0.176. The molecule has 3 aliphatic rings. The number of nitrogens with one attached hydrogen (secondary N) is 1. The normalized spacial score (nSPS) is 20.8. The van der Waals surface area contributed by atoms with Gasteiger partial charge in [-0.15, -0.1) is 0 Å². The van der Waals surface area contributed by atoms with E-state index in [1.165, 1.54) is 38.5 Å². The lowest BCUT2D eigenvalue weighted by Crippen LogP contribution is -2.48. The summed E-state index contributed by atoms with van der Waals surface area (Å²) < 4.78 is 12.6. The first-order valence-electron chi connectivity index (χ1n) is 15.9. The number of ether oxygens (including phenoxy) is 2. The second kappa shape index (κ2) is 19.2. The van der Waals surface area contributed by atoms with E-state index in [0.717, 1.165) is 54.2 Å². The zero-order valence-electron chi connectivity index (χ0n) is 26.5. The van der Waals surface area contributed by atoms with Crippen LogP contribution in [0.2, 0.25) is 0 Å². The predicted octanol–water partition coefficient (Wildman–Crippen LogP) is 6.68. The monoisotopic (exact) mass is 615 g/mol.